The van der Waals surface area contributed by atoms with Crippen molar-refractivity contribution >= 4 is 5.97 Å². The molecule has 0 aliphatic heterocycles. The fraction of sp³-hybridized carbons (Fsp3) is 0.722. The van der Waals surface area contributed by atoms with Gasteiger partial charge in [-0.25, -0.2) is 0 Å². The second-order valence-electron chi connectivity index (χ2n) is 5.94. The number of hydrogen-bond acceptors (Lipinski definition) is 1. The Hall–Kier alpha value is -1.05. The third-order valence-corrected chi connectivity index (χ3v) is 4.20. The van der Waals surface area contributed by atoms with Crippen LogP contribution in [0.2, 0.25) is 0 Å². The third-order valence-electron chi connectivity index (χ3n) is 4.20. The first-order chi connectivity index (χ1) is 9.74. The maximum Gasteiger partial charge on any atom is 0.303 e. The summed E-state index contributed by atoms with van der Waals surface area (Å²) in [4.78, 5) is 10.6. The summed E-state index contributed by atoms with van der Waals surface area (Å²) in [6.45, 7) is 2.25. The maximum atomic E-state index is 10.6. The van der Waals surface area contributed by atoms with Gasteiger partial charge in [-0.3, -0.25) is 4.79 Å². The largest absolute Gasteiger partial charge is 0.481 e. The molecule has 2 nitrogen and oxygen atoms in total. The highest BCUT2D eigenvalue weighted by atomic mass is 16.4. The summed E-state index contributed by atoms with van der Waals surface area (Å²) in [5.74, 6) is 0.503. The van der Waals surface area contributed by atoms with Crippen LogP contribution in [0.4, 0.5) is 0 Å². The lowest BCUT2D eigenvalue weighted by molar-refractivity contribution is -0.137. The van der Waals surface area contributed by atoms with E-state index in [4.69, 9.17) is 5.11 Å². The standard InChI is InChI=1S/C18H30O2/c1-2-3-4-5-6-7-11-16-12-8-9-13-17(16)14-10-15-18(19)20/h8-9,12-13,16-17H,2-7,10-11,14-15H2,1H3,(H,19,20). The van der Waals surface area contributed by atoms with Gasteiger partial charge in [-0.05, 0) is 31.1 Å². The molecule has 0 aromatic carbocycles. The fourth-order valence-corrected chi connectivity index (χ4v) is 2.97. The van der Waals surface area contributed by atoms with Gasteiger partial charge in [0.25, 0.3) is 0 Å². The normalized spacial score (nSPS) is 21.2. The van der Waals surface area contributed by atoms with Crippen LogP contribution in [0.3, 0.4) is 0 Å². The van der Waals surface area contributed by atoms with Gasteiger partial charge in [0.15, 0.2) is 0 Å². The van der Waals surface area contributed by atoms with E-state index in [1.165, 1.54) is 44.9 Å². The summed E-state index contributed by atoms with van der Waals surface area (Å²) < 4.78 is 0. The minimum Gasteiger partial charge on any atom is -0.481 e. The third kappa shape index (κ3) is 7.52. The average Bonchev–Trinajstić information content (AvgIpc) is 2.44. The summed E-state index contributed by atoms with van der Waals surface area (Å²) >= 11 is 0. The number of carbonyl (C=O) groups is 1. The molecule has 0 saturated carbocycles. The van der Waals surface area contributed by atoms with Gasteiger partial charge in [-0.15, -0.1) is 0 Å². The minimum atomic E-state index is -0.673. The van der Waals surface area contributed by atoms with Crippen molar-refractivity contribution in [1.82, 2.24) is 0 Å². The van der Waals surface area contributed by atoms with E-state index in [-0.39, 0.29) is 0 Å². The van der Waals surface area contributed by atoms with E-state index in [1.54, 1.807) is 0 Å². The zero-order valence-electron chi connectivity index (χ0n) is 12.9. The molecule has 1 rings (SSSR count). The van der Waals surface area contributed by atoms with Crippen LogP contribution in [0, 0.1) is 11.8 Å². The summed E-state index contributed by atoms with van der Waals surface area (Å²) in [5.41, 5.74) is 0. The van der Waals surface area contributed by atoms with Crippen LogP contribution in [-0.2, 0) is 4.79 Å². The smallest absolute Gasteiger partial charge is 0.303 e. The highest BCUT2D eigenvalue weighted by Gasteiger charge is 2.18. The minimum absolute atomic E-state index is 0.303. The molecule has 0 aromatic rings. The quantitative estimate of drug-likeness (QED) is 0.517. The van der Waals surface area contributed by atoms with Crippen LogP contribution < -0.4 is 0 Å². The van der Waals surface area contributed by atoms with Crippen LogP contribution in [-0.4, -0.2) is 11.1 Å². The summed E-state index contributed by atoms with van der Waals surface area (Å²) in [7, 11) is 0. The number of hydrogen-bond donors (Lipinski definition) is 1. The molecule has 2 atom stereocenters. The molecule has 0 saturated heterocycles. The Kier molecular flexibility index (Phi) is 9.10. The molecule has 0 aromatic heterocycles. The summed E-state index contributed by atoms with van der Waals surface area (Å²) in [6.07, 6.45) is 20.3. The van der Waals surface area contributed by atoms with E-state index in [0.29, 0.717) is 18.3 Å². The first kappa shape index (κ1) is 17.0. The first-order valence-corrected chi connectivity index (χ1v) is 8.30. The lowest BCUT2D eigenvalue weighted by Crippen LogP contribution is -2.13. The highest BCUT2D eigenvalue weighted by Crippen LogP contribution is 2.29. The SMILES string of the molecule is CCCCCCCCC1C=CC=CC1CCCC(=O)O. The van der Waals surface area contributed by atoms with Crippen molar-refractivity contribution in [2.75, 3.05) is 0 Å². The number of carboxylic acids is 1. The topological polar surface area (TPSA) is 37.3 Å². The lowest BCUT2D eigenvalue weighted by Gasteiger charge is -2.24. The summed E-state index contributed by atoms with van der Waals surface area (Å²) in [5, 5.41) is 8.72. The molecular weight excluding hydrogens is 248 g/mol. The molecule has 2 unspecified atom stereocenters. The molecule has 1 aliphatic rings. The second kappa shape index (κ2) is 10.7. The van der Waals surface area contributed by atoms with E-state index in [1.807, 2.05) is 0 Å². The molecule has 1 N–H and O–H groups in total. The first-order valence-electron chi connectivity index (χ1n) is 8.30. The molecule has 0 spiro atoms. The number of carboxylic acid groups (broad SMARTS) is 1. The predicted molar refractivity (Wildman–Crippen MR) is 84.7 cm³/mol. The van der Waals surface area contributed by atoms with Crippen LogP contribution in [0.5, 0.6) is 0 Å². The summed E-state index contributed by atoms with van der Waals surface area (Å²) in [6, 6.07) is 0. The molecule has 0 fully saturated rings. The second-order valence-corrected chi connectivity index (χ2v) is 5.94. The van der Waals surface area contributed by atoms with Crippen LogP contribution in [0.15, 0.2) is 24.3 Å². The van der Waals surface area contributed by atoms with E-state index in [2.05, 4.69) is 31.2 Å². The molecule has 20 heavy (non-hydrogen) atoms. The zero-order valence-corrected chi connectivity index (χ0v) is 12.9. The van der Waals surface area contributed by atoms with Crippen molar-refractivity contribution in [1.29, 1.82) is 0 Å². The van der Waals surface area contributed by atoms with Gasteiger partial charge in [-0.2, -0.15) is 0 Å². The molecule has 114 valence electrons. The Morgan fingerprint density at radius 1 is 0.900 bits per heavy atom. The maximum absolute atomic E-state index is 10.6. The molecule has 2 heteroatoms. The van der Waals surface area contributed by atoms with Crippen LogP contribution in [0.1, 0.15) is 71.1 Å². The fourth-order valence-electron chi connectivity index (χ4n) is 2.97. The molecule has 0 radical (unpaired) electrons. The number of aliphatic carboxylic acids is 1. The van der Waals surface area contributed by atoms with Crippen molar-refractivity contribution in [3.63, 3.8) is 0 Å². The zero-order chi connectivity index (χ0) is 14.6. The predicted octanol–water partition coefficient (Wildman–Crippen LogP) is 5.35. The van der Waals surface area contributed by atoms with E-state index < -0.39 is 5.97 Å². The van der Waals surface area contributed by atoms with E-state index in [0.717, 1.165) is 12.8 Å². The molecule has 0 bridgehead atoms. The number of rotatable bonds is 11. The Bertz CT molecular complexity index is 317. The highest BCUT2D eigenvalue weighted by molar-refractivity contribution is 5.66. The van der Waals surface area contributed by atoms with E-state index in [9.17, 15) is 4.79 Å². The molecule has 0 amide bonds. The lowest BCUT2D eigenvalue weighted by atomic mass is 9.81. The van der Waals surface area contributed by atoms with Gasteiger partial charge in [0.2, 0.25) is 0 Å². The van der Waals surface area contributed by atoms with Crippen molar-refractivity contribution in [2.24, 2.45) is 11.8 Å². The van der Waals surface area contributed by atoms with Gasteiger partial charge in [-0.1, -0.05) is 69.8 Å². The molecular formula is C18H30O2. The monoisotopic (exact) mass is 278 g/mol. The van der Waals surface area contributed by atoms with Gasteiger partial charge in [0, 0.05) is 6.42 Å². The van der Waals surface area contributed by atoms with Crippen LogP contribution in [0.25, 0.3) is 0 Å². The van der Waals surface area contributed by atoms with E-state index >= 15 is 0 Å². The molecule has 1 aliphatic carbocycles. The van der Waals surface area contributed by atoms with Gasteiger partial charge >= 0.3 is 5.97 Å². The van der Waals surface area contributed by atoms with Crippen molar-refractivity contribution in [3.05, 3.63) is 24.3 Å². The van der Waals surface area contributed by atoms with Crippen molar-refractivity contribution < 1.29 is 9.90 Å². The Labute approximate surface area is 124 Å². The Morgan fingerprint density at radius 3 is 2.05 bits per heavy atom. The Balaban J connectivity index is 2.18. The van der Waals surface area contributed by atoms with Gasteiger partial charge in [0.05, 0.1) is 0 Å². The van der Waals surface area contributed by atoms with Crippen molar-refractivity contribution in [2.45, 2.75) is 71.1 Å². The number of allylic oxidation sites excluding steroid dienone is 4. The molecule has 0 heterocycles. The average molecular weight is 278 g/mol. The number of unbranched alkanes of at least 4 members (excludes halogenated alkanes) is 5. The Morgan fingerprint density at radius 2 is 1.45 bits per heavy atom. The van der Waals surface area contributed by atoms with Crippen LogP contribution >= 0.6 is 0 Å². The van der Waals surface area contributed by atoms with Gasteiger partial charge < -0.3 is 5.11 Å². The van der Waals surface area contributed by atoms with Crippen molar-refractivity contribution in [3.8, 4) is 0 Å². The van der Waals surface area contributed by atoms with Gasteiger partial charge in [0.1, 0.15) is 0 Å².